The Hall–Kier alpha value is -1.55. The van der Waals surface area contributed by atoms with E-state index >= 15 is 0 Å². The van der Waals surface area contributed by atoms with E-state index < -0.39 is 11.6 Å². The summed E-state index contributed by atoms with van der Waals surface area (Å²) >= 11 is 0. The quantitative estimate of drug-likeness (QED) is 0.862. The maximum atomic E-state index is 11.3. The Labute approximate surface area is 107 Å². The van der Waals surface area contributed by atoms with Crippen LogP contribution >= 0.6 is 0 Å². The summed E-state index contributed by atoms with van der Waals surface area (Å²) in [6.07, 6.45) is 2.22. The van der Waals surface area contributed by atoms with Gasteiger partial charge in [-0.15, -0.1) is 0 Å². The van der Waals surface area contributed by atoms with Crippen molar-refractivity contribution >= 4 is 6.09 Å². The molecule has 2 N–H and O–H groups in total. The molecule has 18 heavy (non-hydrogen) atoms. The van der Waals surface area contributed by atoms with Crippen molar-refractivity contribution in [1.82, 2.24) is 4.90 Å². The largest absolute Gasteiger partial charge is 0.465 e. The molecule has 1 aromatic carbocycles. The van der Waals surface area contributed by atoms with E-state index in [9.17, 15) is 15.0 Å². The summed E-state index contributed by atoms with van der Waals surface area (Å²) in [4.78, 5) is 12.8. The monoisotopic (exact) mass is 249 g/mol. The molecule has 1 aromatic rings. The van der Waals surface area contributed by atoms with Crippen LogP contribution in [-0.2, 0) is 6.42 Å². The van der Waals surface area contributed by atoms with Gasteiger partial charge in [0.1, 0.15) is 0 Å². The van der Waals surface area contributed by atoms with Crippen LogP contribution in [0.25, 0.3) is 0 Å². The van der Waals surface area contributed by atoms with E-state index in [0.717, 1.165) is 24.8 Å². The van der Waals surface area contributed by atoms with Gasteiger partial charge in [-0.05, 0) is 31.2 Å². The molecule has 1 fully saturated rings. The maximum Gasteiger partial charge on any atom is 0.407 e. The van der Waals surface area contributed by atoms with Crippen LogP contribution in [0.15, 0.2) is 30.3 Å². The Kier molecular flexibility index (Phi) is 3.87. The van der Waals surface area contributed by atoms with Gasteiger partial charge in [-0.3, -0.25) is 0 Å². The zero-order chi connectivity index (χ0) is 13.0. The number of aliphatic hydroxyl groups is 1. The van der Waals surface area contributed by atoms with Crippen LogP contribution in [0.4, 0.5) is 4.79 Å². The molecule has 0 unspecified atom stereocenters. The molecule has 1 saturated heterocycles. The highest BCUT2D eigenvalue weighted by molar-refractivity contribution is 5.66. The Balaban J connectivity index is 2.24. The fraction of sp³-hybridized carbons (Fsp3) is 0.500. The average molecular weight is 249 g/mol. The molecular formula is C14H19NO3. The van der Waals surface area contributed by atoms with Gasteiger partial charge in [-0.25, -0.2) is 4.79 Å². The first kappa shape index (κ1) is 12.9. The highest BCUT2D eigenvalue weighted by Crippen LogP contribution is 2.31. The van der Waals surface area contributed by atoms with Crippen LogP contribution in [-0.4, -0.2) is 39.9 Å². The Morgan fingerprint density at radius 2 is 2.00 bits per heavy atom. The molecule has 98 valence electrons. The molecule has 0 aromatic heterocycles. The Morgan fingerprint density at radius 3 is 2.61 bits per heavy atom. The molecule has 1 aliphatic heterocycles. The normalized spacial score (nSPS) is 23.9. The smallest absolute Gasteiger partial charge is 0.407 e. The summed E-state index contributed by atoms with van der Waals surface area (Å²) in [5.74, 6) is 0. The van der Waals surface area contributed by atoms with E-state index in [-0.39, 0.29) is 6.61 Å². The van der Waals surface area contributed by atoms with Gasteiger partial charge < -0.3 is 15.1 Å². The molecule has 1 atom stereocenters. The second kappa shape index (κ2) is 5.40. The molecule has 0 bridgehead atoms. The first-order valence-electron chi connectivity index (χ1n) is 6.33. The minimum absolute atomic E-state index is 0.117. The molecule has 4 heteroatoms. The molecule has 0 spiro atoms. The van der Waals surface area contributed by atoms with E-state index in [2.05, 4.69) is 0 Å². The molecule has 1 aliphatic rings. The van der Waals surface area contributed by atoms with Crippen molar-refractivity contribution in [3.8, 4) is 0 Å². The fourth-order valence-electron chi connectivity index (χ4n) is 2.77. The first-order chi connectivity index (χ1) is 8.68. The Bertz CT molecular complexity index is 407. The molecule has 4 nitrogen and oxygen atoms in total. The van der Waals surface area contributed by atoms with Crippen LogP contribution < -0.4 is 0 Å². The highest BCUT2D eigenvalue weighted by atomic mass is 16.4. The number of aliphatic hydroxyl groups excluding tert-OH is 1. The summed E-state index contributed by atoms with van der Waals surface area (Å²) in [5.41, 5.74) is 0.422. The standard InChI is InChI=1S/C14H19NO3/c16-11-14(10-12-6-2-1-3-7-12)8-4-5-9-15(14)13(17)18/h1-3,6-7,16H,4-5,8-11H2,(H,17,18)/t14-/m1/s1. The summed E-state index contributed by atoms with van der Waals surface area (Å²) < 4.78 is 0. The fourth-order valence-corrected chi connectivity index (χ4v) is 2.77. The summed E-state index contributed by atoms with van der Waals surface area (Å²) in [7, 11) is 0. The van der Waals surface area contributed by atoms with Crippen LogP contribution in [0, 0.1) is 0 Å². The predicted octanol–water partition coefficient (Wildman–Crippen LogP) is 2.12. The van der Waals surface area contributed by atoms with Gasteiger partial charge in [-0.2, -0.15) is 0 Å². The van der Waals surface area contributed by atoms with Gasteiger partial charge >= 0.3 is 6.09 Å². The van der Waals surface area contributed by atoms with Gasteiger partial charge in [0.05, 0.1) is 12.1 Å². The average Bonchev–Trinajstić information content (AvgIpc) is 2.40. The van der Waals surface area contributed by atoms with Crippen molar-refractivity contribution in [2.24, 2.45) is 0 Å². The number of hydrogen-bond acceptors (Lipinski definition) is 2. The van der Waals surface area contributed by atoms with Crippen molar-refractivity contribution in [2.45, 2.75) is 31.2 Å². The van der Waals surface area contributed by atoms with Gasteiger partial charge in [0.25, 0.3) is 0 Å². The third kappa shape index (κ3) is 2.48. The van der Waals surface area contributed by atoms with Gasteiger partial charge in [0.2, 0.25) is 0 Å². The lowest BCUT2D eigenvalue weighted by Crippen LogP contribution is -2.57. The molecule has 0 radical (unpaired) electrons. The topological polar surface area (TPSA) is 60.8 Å². The molecule has 2 rings (SSSR count). The molecule has 1 heterocycles. The zero-order valence-electron chi connectivity index (χ0n) is 10.4. The second-order valence-corrected chi connectivity index (χ2v) is 4.94. The van der Waals surface area contributed by atoms with Crippen molar-refractivity contribution < 1.29 is 15.0 Å². The number of hydrogen-bond donors (Lipinski definition) is 2. The van der Waals surface area contributed by atoms with Crippen LogP contribution in [0.5, 0.6) is 0 Å². The lowest BCUT2D eigenvalue weighted by molar-refractivity contribution is 0.00794. The second-order valence-electron chi connectivity index (χ2n) is 4.94. The number of piperidine rings is 1. The number of likely N-dealkylation sites (tertiary alicyclic amines) is 1. The third-order valence-electron chi connectivity index (χ3n) is 3.75. The SMILES string of the molecule is O=C(O)N1CCCC[C@]1(CO)Cc1ccccc1. The third-order valence-corrected chi connectivity index (χ3v) is 3.75. The molecule has 0 aliphatic carbocycles. The van der Waals surface area contributed by atoms with E-state index in [4.69, 9.17) is 0 Å². The lowest BCUT2D eigenvalue weighted by Gasteiger charge is -2.44. The van der Waals surface area contributed by atoms with Crippen LogP contribution in [0.3, 0.4) is 0 Å². The van der Waals surface area contributed by atoms with E-state index in [0.29, 0.717) is 13.0 Å². The van der Waals surface area contributed by atoms with Crippen molar-refractivity contribution in [3.05, 3.63) is 35.9 Å². The van der Waals surface area contributed by atoms with E-state index in [1.54, 1.807) is 0 Å². The molecule has 1 amide bonds. The molecular weight excluding hydrogens is 230 g/mol. The minimum atomic E-state index is -0.931. The van der Waals surface area contributed by atoms with Crippen molar-refractivity contribution in [1.29, 1.82) is 0 Å². The highest BCUT2D eigenvalue weighted by Gasteiger charge is 2.41. The summed E-state index contributed by atoms with van der Waals surface area (Å²) in [6.45, 7) is 0.400. The number of carboxylic acid groups (broad SMARTS) is 1. The number of rotatable bonds is 3. The van der Waals surface area contributed by atoms with Crippen LogP contribution in [0.1, 0.15) is 24.8 Å². The number of nitrogens with zero attached hydrogens (tertiary/aromatic N) is 1. The first-order valence-corrected chi connectivity index (χ1v) is 6.33. The summed E-state index contributed by atoms with van der Waals surface area (Å²) in [5, 5.41) is 19.0. The van der Waals surface area contributed by atoms with E-state index in [1.165, 1.54) is 4.90 Å². The number of benzene rings is 1. The number of carbonyl (C=O) groups is 1. The maximum absolute atomic E-state index is 11.3. The predicted molar refractivity (Wildman–Crippen MR) is 68.5 cm³/mol. The lowest BCUT2D eigenvalue weighted by atomic mass is 9.82. The minimum Gasteiger partial charge on any atom is -0.465 e. The van der Waals surface area contributed by atoms with Gasteiger partial charge in [-0.1, -0.05) is 30.3 Å². The van der Waals surface area contributed by atoms with E-state index in [1.807, 2.05) is 30.3 Å². The van der Waals surface area contributed by atoms with Gasteiger partial charge in [0, 0.05) is 6.54 Å². The van der Waals surface area contributed by atoms with Gasteiger partial charge in [0.15, 0.2) is 0 Å². The zero-order valence-corrected chi connectivity index (χ0v) is 10.4. The van der Waals surface area contributed by atoms with Crippen molar-refractivity contribution in [2.75, 3.05) is 13.2 Å². The summed E-state index contributed by atoms with van der Waals surface area (Å²) in [6, 6.07) is 9.77. The number of amides is 1. The van der Waals surface area contributed by atoms with Crippen LogP contribution in [0.2, 0.25) is 0 Å². The Morgan fingerprint density at radius 1 is 1.28 bits per heavy atom. The molecule has 0 saturated carbocycles. The van der Waals surface area contributed by atoms with Crippen molar-refractivity contribution in [3.63, 3.8) is 0 Å².